The summed E-state index contributed by atoms with van der Waals surface area (Å²) in [5.74, 6) is 0.522. The standard InChI is InChI=1S/C30H33N3O4/c1-19-6-9-22(16-23(19)18-37-17-21-7-10-24(35-4)11-8-21)27(30(14-15-30)29(34)36-5)25-12-13-26-28(20(25)2)31-32-33(26)3/h6-13,16,27H,14-15,17-18H2,1-5H3. The number of benzene rings is 3. The number of methoxy groups -OCH3 is 2. The number of rotatable bonds is 9. The minimum absolute atomic E-state index is 0.146. The molecular weight excluding hydrogens is 466 g/mol. The summed E-state index contributed by atoms with van der Waals surface area (Å²) < 4.78 is 18.4. The Morgan fingerprint density at radius 2 is 1.78 bits per heavy atom. The number of esters is 1. The second-order valence-corrected chi connectivity index (χ2v) is 9.97. The average Bonchev–Trinajstić information content (AvgIpc) is 3.63. The number of aromatic nitrogens is 3. The molecule has 3 aromatic carbocycles. The van der Waals surface area contributed by atoms with Crippen LogP contribution in [0.3, 0.4) is 0 Å². The van der Waals surface area contributed by atoms with Crippen molar-refractivity contribution in [1.82, 2.24) is 15.0 Å². The number of fused-ring (bicyclic) bond motifs is 1. The van der Waals surface area contributed by atoms with Crippen LogP contribution in [0.15, 0.2) is 54.6 Å². The van der Waals surface area contributed by atoms with Crippen LogP contribution in [0.5, 0.6) is 5.75 Å². The highest BCUT2D eigenvalue weighted by Gasteiger charge is 2.58. The first-order chi connectivity index (χ1) is 17.9. The molecule has 1 aliphatic rings. The highest BCUT2D eigenvalue weighted by molar-refractivity contribution is 5.84. The van der Waals surface area contributed by atoms with Crippen LogP contribution in [0.4, 0.5) is 0 Å². The zero-order valence-corrected chi connectivity index (χ0v) is 22.1. The summed E-state index contributed by atoms with van der Waals surface area (Å²) in [6.07, 6.45) is 1.58. The molecular formula is C30H33N3O4. The average molecular weight is 500 g/mol. The summed E-state index contributed by atoms with van der Waals surface area (Å²) in [6, 6.07) is 18.5. The first kappa shape index (κ1) is 25.0. The monoisotopic (exact) mass is 499 g/mol. The van der Waals surface area contributed by atoms with Crippen LogP contribution in [-0.4, -0.2) is 35.2 Å². The summed E-state index contributed by atoms with van der Waals surface area (Å²) in [5.41, 5.74) is 7.82. The van der Waals surface area contributed by atoms with Crippen molar-refractivity contribution in [2.75, 3.05) is 14.2 Å². The molecule has 7 heteroatoms. The number of hydrogen-bond acceptors (Lipinski definition) is 6. The lowest BCUT2D eigenvalue weighted by Gasteiger charge is -2.28. The summed E-state index contributed by atoms with van der Waals surface area (Å²) in [7, 11) is 5.03. The Kier molecular flexibility index (Phi) is 6.73. The SMILES string of the molecule is COC(=O)C1(C(c2ccc(C)c(COCc3ccc(OC)cc3)c2)c2ccc3c(nnn3C)c2C)CC1. The smallest absolute Gasteiger partial charge is 0.312 e. The number of ether oxygens (including phenoxy) is 3. The third-order valence-corrected chi connectivity index (χ3v) is 7.72. The van der Waals surface area contributed by atoms with Crippen molar-refractivity contribution in [1.29, 1.82) is 0 Å². The van der Waals surface area contributed by atoms with Crippen molar-refractivity contribution in [2.24, 2.45) is 12.5 Å². The molecule has 1 heterocycles. The predicted molar refractivity (Wildman–Crippen MR) is 141 cm³/mol. The van der Waals surface area contributed by atoms with Gasteiger partial charge in [-0.2, -0.15) is 0 Å². The first-order valence-corrected chi connectivity index (χ1v) is 12.6. The summed E-state index contributed by atoms with van der Waals surface area (Å²) in [4.78, 5) is 13.1. The van der Waals surface area contributed by atoms with E-state index in [0.29, 0.717) is 13.2 Å². The molecule has 1 aliphatic carbocycles. The molecule has 1 aromatic heterocycles. The van der Waals surface area contributed by atoms with Gasteiger partial charge in [-0.05, 0) is 78.3 Å². The van der Waals surface area contributed by atoms with Crippen LogP contribution in [-0.2, 0) is 34.5 Å². The fourth-order valence-corrected chi connectivity index (χ4v) is 5.33. The summed E-state index contributed by atoms with van der Waals surface area (Å²) in [6.45, 7) is 5.15. The molecule has 0 radical (unpaired) electrons. The van der Waals surface area contributed by atoms with Gasteiger partial charge in [-0.15, -0.1) is 5.10 Å². The molecule has 1 saturated carbocycles. The molecule has 5 rings (SSSR count). The Morgan fingerprint density at radius 1 is 1.03 bits per heavy atom. The van der Waals surface area contributed by atoms with Gasteiger partial charge in [0.25, 0.3) is 0 Å². The van der Waals surface area contributed by atoms with E-state index in [1.54, 1.807) is 11.8 Å². The molecule has 1 atom stereocenters. The Hall–Kier alpha value is -3.71. The van der Waals surface area contributed by atoms with Crippen LogP contribution >= 0.6 is 0 Å². The van der Waals surface area contributed by atoms with Crippen molar-refractivity contribution in [2.45, 2.75) is 45.8 Å². The van der Waals surface area contributed by atoms with E-state index in [9.17, 15) is 4.79 Å². The van der Waals surface area contributed by atoms with Gasteiger partial charge in [-0.1, -0.05) is 41.6 Å². The van der Waals surface area contributed by atoms with Gasteiger partial charge in [0, 0.05) is 13.0 Å². The molecule has 0 bridgehead atoms. The summed E-state index contributed by atoms with van der Waals surface area (Å²) >= 11 is 0. The van der Waals surface area contributed by atoms with E-state index in [0.717, 1.165) is 63.0 Å². The van der Waals surface area contributed by atoms with Gasteiger partial charge >= 0.3 is 5.97 Å². The normalized spacial score (nSPS) is 14.9. The minimum atomic E-state index is -0.578. The van der Waals surface area contributed by atoms with Gasteiger partial charge in [-0.25, -0.2) is 4.68 Å². The van der Waals surface area contributed by atoms with Crippen molar-refractivity contribution in [3.05, 3.63) is 88.0 Å². The Balaban J connectivity index is 1.48. The summed E-state index contributed by atoms with van der Waals surface area (Å²) in [5, 5.41) is 8.61. The largest absolute Gasteiger partial charge is 0.497 e. The second kappa shape index (κ2) is 9.98. The lowest BCUT2D eigenvalue weighted by molar-refractivity contribution is -0.147. The second-order valence-electron chi connectivity index (χ2n) is 9.97. The third-order valence-electron chi connectivity index (χ3n) is 7.72. The highest BCUT2D eigenvalue weighted by atomic mass is 16.5. The maximum absolute atomic E-state index is 13.1. The molecule has 1 unspecified atom stereocenters. The lowest BCUT2D eigenvalue weighted by Crippen LogP contribution is -2.27. The number of aryl methyl sites for hydroxylation is 3. The van der Waals surface area contributed by atoms with Gasteiger partial charge in [0.2, 0.25) is 0 Å². The van der Waals surface area contributed by atoms with Crippen molar-refractivity contribution >= 4 is 17.0 Å². The molecule has 0 aliphatic heterocycles. The quantitative estimate of drug-likeness (QED) is 0.287. The van der Waals surface area contributed by atoms with Crippen LogP contribution in [0.25, 0.3) is 11.0 Å². The van der Waals surface area contributed by atoms with E-state index in [2.05, 4.69) is 48.4 Å². The van der Waals surface area contributed by atoms with Gasteiger partial charge < -0.3 is 14.2 Å². The van der Waals surface area contributed by atoms with Crippen molar-refractivity contribution < 1.29 is 19.0 Å². The minimum Gasteiger partial charge on any atom is -0.497 e. The van der Waals surface area contributed by atoms with E-state index in [-0.39, 0.29) is 11.9 Å². The first-order valence-electron chi connectivity index (χ1n) is 12.6. The molecule has 0 saturated heterocycles. The van der Waals surface area contributed by atoms with E-state index in [1.807, 2.05) is 37.4 Å². The maximum Gasteiger partial charge on any atom is 0.312 e. The van der Waals surface area contributed by atoms with Crippen molar-refractivity contribution in [3.8, 4) is 5.75 Å². The molecule has 4 aromatic rings. The fraction of sp³-hybridized carbons (Fsp3) is 0.367. The number of carbonyl (C=O) groups is 1. The van der Waals surface area contributed by atoms with Gasteiger partial charge in [0.1, 0.15) is 11.3 Å². The van der Waals surface area contributed by atoms with E-state index >= 15 is 0 Å². The van der Waals surface area contributed by atoms with Crippen molar-refractivity contribution in [3.63, 3.8) is 0 Å². The van der Waals surface area contributed by atoms with Gasteiger partial charge in [0.15, 0.2) is 0 Å². The number of nitrogens with zero attached hydrogens (tertiary/aromatic N) is 3. The molecule has 37 heavy (non-hydrogen) atoms. The lowest BCUT2D eigenvalue weighted by atomic mass is 9.75. The molecule has 7 nitrogen and oxygen atoms in total. The maximum atomic E-state index is 13.1. The Bertz CT molecular complexity index is 1440. The highest BCUT2D eigenvalue weighted by Crippen LogP contribution is 2.60. The molecule has 0 amide bonds. The van der Waals surface area contributed by atoms with Crippen LogP contribution < -0.4 is 4.74 Å². The number of carbonyl (C=O) groups excluding carboxylic acids is 1. The van der Waals surface area contributed by atoms with Crippen LogP contribution in [0.1, 0.15) is 52.1 Å². The van der Waals surface area contributed by atoms with Crippen LogP contribution in [0, 0.1) is 19.3 Å². The molecule has 0 spiro atoms. The predicted octanol–water partition coefficient (Wildman–Crippen LogP) is 5.40. The van der Waals surface area contributed by atoms with E-state index < -0.39 is 5.41 Å². The molecule has 0 N–H and O–H groups in total. The molecule has 1 fully saturated rings. The van der Waals surface area contributed by atoms with E-state index in [4.69, 9.17) is 14.2 Å². The Morgan fingerprint density at radius 3 is 2.46 bits per heavy atom. The van der Waals surface area contributed by atoms with Gasteiger partial charge in [0.05, 0.1) is 38.4 Å². The van der Waals surface area contributed by atoms with E-state index in [1.165, 1.54) is 7.11 Å². The Labute approximate surface area is 217 Å². The zero-order chi connectivity index (χ0) is 26.2. The fourth-order valence-electron chi connectivity index (χ4n) is 5.33. The third kappa shape index (κ3) is 4.60. The van der Waals surface area contributed by atoms with Crippen LogP contribution in [0.2, 0.25) is 0 Å². The molecule has 192 valence electrons. The topological polar surface area (TPSA) is 75.5 Å². The van der Waals surface area contributed by atoms with Gasteiger partial charge in [-0.3, -0.25) is 4.79 Å². The number of hydrogen-bond donors (Lipinski definition) is 0. The zero-order valence-electron chi connectivity index (χ0n) is 22.1.